The van der Waals surface area contributed by atoms with E-state index in [4.69, 9.17) is 0 Å². The van der Waals surface area contributed by atoms with E-state index in [0.29, 0.717) is 0 Å². The molecule has 3 rings (SSSR count). The Morgan fingerprint density at radius 3 is 2.89 bits per heavy atom. The Labute approximate surface area is 112 Å². The summed E-state index contributed by atoms with van der Waals surface area (Å²) >= 11 is 0. The minimum absolute atomic E-state index is 0.633. The zero-order valence-electron chi connectivity index (χ0n) is 11.2. The Bertz CT molecular complexity index is 658. The van der Waals surface area contributed by atoms with Crippen LogP contribution in [0.4, 0.5) is 0 Å². The average Bonchev–Trinajstić information content (AvgIpc) is 2.68. The maximum Gasteiger partial charge on any atom is 0.325 e. The normalized spacial score (nSPS) is 15.7. The average molecular weight is 258 g/mol. The lowest BCUT2D eigenvalue weighted by molar-refractivity contribution is -0.139. The molecule has 0 spiro atoms. The molecule has 1 unspecified atom stereocenters. The Hall–Kier alpha value is -1.81. The van der Waals surface area contributed by atoms with Crippen molar-refractivity contribution in [2.24, 2.45) is 0 Å². The highest BCUT2D eigenvalue weighted by molar-refractivity contribution is 5.87. The quantitative estimate of drug-likeness (QED) is 0.887. The Morgan fingerprint density at radius 2 is 2.21 bits per heavy atom. The van der Waals surface area contributed by atoms with Gasteiger partial charge in [0.2, 0.25) is 0 Å². The number of aromatic nitrogens is 1. The maximum atomic E-state index is 11.3. The molecular weight excluding hydrogens is 240 g/mol. The number of carboxylic acid groups (broad SMARTS) is 1. The van der Waals surface area contributed by atoms with Gasteiger partial charge >= 0.3 is 5.97 Å². The monoisotopic (exact) mass is 258 g/mol. The third-order valence-electron chi connectivity index (χ3n) is 4.00. The number of rotatable bonds is 3. The van der Waals surface area contributed by atoms with Gasteiger partial charge in [-0.1, -0.05) is 6.07 Å². The highest BCUT2D eigenvalue weighted by Gasteiger charge is 2.22. The van der Waals surface area contributed by atoms with Crippen LogP contribution in [0.2, 0.25) is 0 Å². The van der Waals surface area contributed by atoms with Gasteiger partial charge < -0.3 is 15.0 Å². The van der Waals surface area contributed by atoms with E-state index in [2.05, 4.69) is 22.9 Å². The summed E-state index contributed by atoms with van der Waals surface area (Å²) in [4.78, 5) is 11.3. The van der Waals surface area contributed by atoms with E-state index in [1.54, 1.807) is 7.05 Å². The third-order valence-corrected chi connectivity index (χ3v) is 4.00. The molecule has 100 valence electrons. The molecule has 0 saturated heterocycles. The number of aryl methyl sites for hydroxylation is 3. The van der Waals surface area contributed by atoms with Gasteiger partial charge in [0.05, 0.1) is 5.52 Å². The van der Waals surface area contributed by atoms with Crippen molar-refractivity contribution in [1.82, 2.24) is 9.88 Å². The molecule has 2 aromatic rings. The first-order valence-corrected chi connectivity index (χ1v) is 6.64. The Kier molecular flexibility index (Phi) is 2.82. The van der Waals surface area contributed by atoms with Crippen LogP contribution in [-0.2, 0) is 17.8 Å². The van der Waals surface area contributed by atoms with E-state index in [1.165, 1.54) is 16.8 Å². The van der Waals surface area contributed by atoms with E-state index in [9.17, 15) is 9.90 Å². The molecule has 0 saturated carbocycles. The van der Waals surface area contributed by atoms with Crippen LogP contribution in [0.25, 0.3) is 10.9 Å². The van der Waals surface area contributed by atoms with Gasteiger partial charge in [-0.05, 0) is 50.1 Å². The zero-order chi connectivity index (χ0) is 13.6. The van der Waals surface area contributed by atoms with Crippen molar-refractivity contribution in [3.8, 4) is 0 Å². The van der Waals surface area contributed by atoms with Gasteiger partial charge in [0.25, 0.3) is 0 Å². The van der Waals surface area contributed by atoms with Crippen molar-refractivity contribution in [2.75, 3.05) is 7.05 Å². The van der Waals surface area contributed by atoms with Crippen molar-refractivity contribution in [1.29, 1.82) is 0 Å². The lowest BCUT2D eigenvalue weighted by Crippen LogP contribution is -2.25. The first-order chi connectivity index (χ1) is 9.11. The van der Waals surface area contributed by atoms with E-state index >= 15 is 0 Å². The van der Waals surface area contributed by atoms with Crippen molar-refractivity contribution in [3.63, 3.8) is 0 Å². The number of carboxylic acids is 1. The second-order valence-electron chi connectivity index (χ2n) is 5.22. The number of aliphatic carboxylic acids is 1. The number of hydrogen-bond donors (Lipinski definition) is 2. The first kappa shape index (κ1) is 12.2. The van der Waals surface area contributed by atoms with Crippen LogP contribution in [0.1, 0.15) is 29.3 Å². The van der Waals surface area contributed by atoms with Crippen molar-refractivity contribution in [2.45, 2.75) is 32.4 Å². The SMILES string of the molecule is CNC(C(=O)O)c1cc2c3c(c1)cc(C)n3CCC2. The topological polar surface area (TPSA) is 54.3 Å². The predicted molar refractivity (Wildman–Crippen MR) is 74.4 cm³/mol. The summed E-state index contributed by atoms with van der Waals surface area (Å²) in [5.41, 5.74) is 4.65. The molecule has 1 aliphatic heterocycles. The van der Waals surface area contributed by atoms with E-state index in [0.717, 1.165) is 30.3 Å². The Morgan fingerprint density at radius 1 is 1.42 bits per heavy atom. The molecule has 0 fully saturated rings. The molecule has 0 radical (unpaired) electrons. The molecule has 1 aromatic carbocycles. The van der Waals surface area contributed by atoms with Crippen molar-refractivity contribution < 1.29 is 9.90 Å². The molecule has 2 N–H and O–H groups in total. The van der Waals surface area contributed by atoms with Gasteiger partial charge in [0.1, 0.15) is 6.04 Å². The van der Waals surface area contributed by atoms with Crippen LogP contribution in [0.15, 0.2) is 18.2 Å². The number of nitrogens with one attached hydrogen (secondary N) is 1. The van der Waals surface area contributed by atoms with Gasteiger partial charge in [0.15, 0.2) is 0 Å². The summed E-state index contributed by atoms with van der Waals surface area (Å²) in [7, 11) is 1.69. The number of hydrogen-bond acceptors (Lipinski definition) is 2. The molecule has 0 aliphatic carbocycles. The second-order valence-corrected chi connectivity index (χ2v) is 5.22. The molecule has 4 nitrogen and oxygen atoms in total. The minimum atomic E-state index is -0.832. The van der Waals surface area contributed by atoms with Crippen molar-refractivity contribution in [3.05, 3.63) is 35.0 Å². The summed E-state index contributed by atoms with van der Waals surface area (Å²) in [5.74, 6) is -0.832. The van der Waals surface area contributed by atoms with E-state index < -0.39 is 12.0 Å². The smallest absolute Gasteiger partial charge is 0.325 e. The third kappa shape index (κ3) is 1.83. The van der Waals surface area contributed by atoms with Crippen LogP contribution in [0, 0.1) is 6.92 Å². The van der Waals surface area contributed by atoms with Crippen LogP contribution in [0.5, 0.6) is 0 Å². The van der Waals surface area contributed by atoms with Gasteiger partial charge in [-0.2, -0.15) is 0 Å². The molecule has 1 atom stereocenters. The lowest BCUT2D eigenvalue weighted by atomic mass is 9.97. The second kappa shape index (κ2) is 4.38. The van der Waals surface area contributed by atoms with Crippen LogP contribution in [0.3, 0.4) is 0 Å². The molecule has 1 aromatic heterocycles. The number of likely N-dealkylation sites (N-methyl/N-ethyl adjacent to an activating group) is 1. The summed E-state index contributed by atoms with van der Waals surface area (Å²) < 4.78 is 2.34. The fraction of sp³-hybridized carbons (Fsp3) is 0.400. The standard InChI is InChI=1S/C15H18N2O2/c1-9-6-12-8-11(13(16-2)15(18)19)7-10-4-3-5-17(9)14(10)12/h6-8,13,16H,3-5H2,1-2H3,(H,18,19). The largest absolute Gasteiger partial charge is 0.480 e. The molecule has 2 heterocycles. The summed E-state index contributed by atoms with van der Waals surface area (Å²) in [6, 6.07) is 5.57. The first-order valence-electron chi connectivity index (χ1n) is 6.64. The minimum Gasteiger partial charge on any atom is -0.480 e. The summed E-state index contributed by atoms with van der Waals surface area (Å²) in [6.45, 7) is 3.18. The number of carbonyl (C=O) groups is 1. The van der Waals surface area contributed by atoms with Gasteiger partial charge in [-0.15, -0.1) is 0 Å². The van der Waals surface area contributed by atoms with Gasteiger partial charge in [-0.3, -0.25) is 4.79 Å². The van der Waals surface area contributed by atoms with Crippen LogP contribution < -0.4 is 5.32 Å². The fourth-order valence-electron chi connectivity index (χ4n) is 3.17. The van der Waals surface area contributed by atoms with Crippen LogP contribution >= 0.6 is 0 Å². The summed E-state index contributed by atoms with van der Waals surface area (Å²) in [5, 5.41) is 13.3. The lowest BCUT2D eigenvalue weighted by Gasteiger charge is -2.19. The molecular formula is C15H18N2O2. The molecule has 0 amide bonds. The molecule has 19 heavy (non-hydrogen) atoms. The summed E-state index contributed by atoms with van der Waals surface area (Å²) in [6.07, 6.45) is 2.15. The molecule has 1 aliphatic rings. The van der Waals surface area contributed by atoms with Crippen LogP contribution in [-0.4, -0.2) is 22.7 Å². The number of nitrogens with zero attached hydrogens (tertiary/aromatic N) is 1. The van der Waals surface area contributed by atoms with E-state index in [-0.39, 0.29) is 0 Å². The van der Waals surface area contributed by atoms with Crippen molar-refractivity contribution >= 4 is 16.9 Å². The zero-order valence-corrected chi connectivity index (χ0v) is 11.2. The van der Waals surface area contributed by atoms with Gasteiger partial charge in [0, 0.05) is 17.6 Å². The fourth-order valence-corrected chi connectivity index (χ4v) is 3.17. The van der Waals surface area contributed by atoms with Gasteiger partial charge in [-0.25, -0.2) is 0 Å². The van der Waals surface area contributed by atoms with E-state index in [1.807, 2.05) is 12.1 Å². The highest BCUT2D eigenvalue weighted by Crippen LogP contribution is 2.31. The molecule has 4 heteroatoms. The number of benzene rings is 1. The predicted octanol–water partition coefficient (Wildman–Crippen LogP) is 2.24. The molecule has 0 bridgehead atoms. The maximum absolute atomic E-state index is 11.3. The highest BCUT2D eigenvalue weighted by atomic mass is 16.4. The Balaban J connectivity index is 2.22.